The topological polar surface area (TPSA) is 52.4 Å². The summed E-state index contributed by atoms with van der Waals surface area (Å²) in [4.78, 5) is 13.6. The average Bonchev–Trinajstić information content (AvgIpc) is 3.41. The van der Waals surface area contributed by atoms with E-state index in [0.717, 1.165) is 61.0 Å². The molecule has 0 saturated carbocycles. The van der Waals surface area contributed by atoms with Crippen LogP contribution in [0.3, 0.4) is 0 Å². The predicted octanol–water partition coefficient (Wildman–Crippen LogP) is 5.23. The monoisotopic (exact) mass is 448 g/mol. The fourth-order valence-corrected chi connectivity index (χ4v) is 5.39. The SMILES string of the molecule is COc1ccccc1OCc1nc2cccnc2n1C1CCN(Cc2sccc2C)CC1. The number of pyridine rings is 1. The molecule has 0 N–H and O–H groups in total. The largest absolute Gasteiger partial charge is 0.493 e. The molecule has 0 aliphatic carbocycles. The van der Waals surface area contributed by atoms with E-state index < -0.39 is 0 Å². The number of nitrogens with zero attached hydrogens (tertiary/aromatic N) is 4. The van der Waals surface area contributed by atoms with Gasteiger partial charge in [-0.25, -0.2) is 9.97 Å². The summed E-state index contributed by atoms with van der Waals surface area (Å²) in [5.74, 6) is 2.37. The average molecular weight is 449 g/mol. The molecule has 1 saturated heterocycles. The predicted molar refractivity (Wildman–Crippen MR) is 127 cm³/mol. The second kappa shape index (κ2) is 9.30. The second-order valence-electron chi connectivity index (χ2n) is 8.22. The minimum absolute atomic E-state index is 0.367. The molecule has 1 aliphatic heterocycles. The van der Waals surface area contributed by atoms with E-state index in [9.17, 15) is 0 Å². The van der Waals surface area contributed by atoms with Crippen LogP contribution >= 0.6 is 11.3 Å². The van der Waals surface area contributed by atoms with Crippen LogP contribution < -0.4 is 9.47 Å². The van der Waals surface area contributed by atoms with Crippen molar-refractivity contribution in [2.45, 2.75) is 39.0 Å². The molecule has 0 unspecified atom stereocenters. The second-order valence-corrected chi connectivity index (χ2v) is 9.22. The fraction of sp³-hybridized carbons (Fsp3) is 0.360. The summed E-state index contributed by atoms with van der Waals surface area (Å²) >= 11 is 1.86. The standard InChI is InChI=1S/C25H28N4O2S/c1-18-11-15-32-23(18)16-28-13-9-19(10-14-28)29-24(27-20-6-5-12-26-25(20)29)17-31-22-8-4-3-7-21(22)30-2/h3-8,11-12,15,19H,9-10,13-14,16-17H2,1-2H3. The van der Waals surface area contributed by atoms with E-state index in [1.54, 1.807) is 7.11 Å². The number of aryl methyl sites for hydroxylation is 1. The van der Waals surface area contributed by atoms with Gasteiger partial charge in [0.1, 0.15) is 17.9 Å². The van der Waals surface area contributed by atoms with E-state index in [2.05, 4.69) is 32.8 Å². The van der Waals surface area contributed by atoms with Crippen molar-refractivity contribution in [1.29, 1.82) is 0 Å². The zero-order valence-corrected chi connectivity index (χ0v) is 19.3. The fourth-order valence-electron chi connectivity index (χ4n) is 4.45. The number of benzene rings is 1. The maximum Gasteiger partial charge on any atom is 0.161 e. The first kappa shape index (κ1) is 21.0. The van der Waals surface area contributed by atoms with Crippen LogP contribution in [0.4, 0.5) is 0 Å². The summed E-state index contributed by atoms with van der Waals surface area (Å²) in [7, 11) is 1.66. The van der Waals surface area contributed by atoms with Gasteiger partial charge in [0.2, 0.25) is 0 Å². The Morgan fingerprint density at radius 3 is 2.62 bits per heavy atom. The summed E-state index contributed by atoms with van der Waals surface area (Å²) < 4.78 is 13.9. The molecule has 1 fully saturated rings. The normalized spacial score (nSPS) is 15.3. The number of hydrogen-bond donors (Lipinski definition) is 0. The van der Waals surface area contributed by atoms with Crippen LogP contribution in [0.5, 0.6) is 11.5 Å². The number of fused-ring (bicyclic) bond motifs is 1. The summed E-state index contributed by atoms with van der Waals surface area (Å²) in [6.07, 6.45) is 4.00. The molecule has 4 heterocycles. The van der Waals surface area contributed by atoms with Gasteiger partial charge in [-0.1, -0.05) is 12.1 Å². The Morgan fingerprint density at radius 2 is 1.88 bits per heavy atom. The van der Waals surface area contributed by atoms with Gasteiger partial charge in [0, 0.05) is 36.8 Å². The van der Waals surface area contributed by atoms with Gasteiger partial charge in [0.05, 0.1) is 7.11 Å². The number of ether oxygens (including phenoxy) is 2. The van der Waals surface area contributed by atoms with Crippen LogP contribution in [0.15, 0.2) is 54.0 Å². The lowest BCUT2D eigenvalue weighted by Crippen LogP contribution is -2.34. The Labute approximate surface area is 192 Å². The van der Waals surface area contributed by atoms with Gasteiger partial charge < -0.3 is 14.0 Å². The number of aromatic nitrogens is 3. The van der Waals surface area contributed by atoms with Gasteiger partial charge in [-0.15, -0.1) is 11.3 Å². The molecule has 166 valence electrons. The maximum absolute atomic E-state index is 6.13. The van der Waals surface area contributed by atoms with Gasteiger partial charge >= 0.3 is 0 Å². The van der Waals surface area contributed by atoms with E-state index in [0.29, 0.717) is 12.6 Å². The summed E-state index contributed by atoms with van der Waals surface area (Å²) in [5, 5.41) is 2.19. The molecule has 6 nitrogen and oxygen atoms in total. The highest BCUT2D eigenvalue weighted by Crippen LogP contribution is 2.31. The van der Waals surface area contributed by atoms with Crippen molar-refractivity contribution >= 4 is 22.5 Å². The molecule has 5 rings (SSSR count). The van der Waals surface area contributed by atoms with Gasteiger partial charge in [0.15, 0.2) is 17.1 Å². The Morgan fingerprint density at radius 1 is 1.06 bits per heavy atom. The Bertz CT molecular complexity index is 1190. The van der Waals surface area contributed by atoms with Crippen molar-refractivity contribution < 1.29 is 9.47 Å². The quantitative estimate of drug-likeness (QED) is 0.388. The minimum atomic E-state index is 0.367. The lowest BCUT2D eigenvalue weighted by molar-refractivity contribution is 0.176. The first-order chi connectivity index (χ1) is 15.7. The summed E-state index contributed by atoms with van der Waals surface area (Å²) in [6, 6.07) is 14.3. The van der Waals surface area contributed by atoms with Crippen molar-refractivity contribution in [3.63, 3.8) is 0 Å². The van der Waals surface area contributed by atoms with E-state index in [4.69, 9.17) is 14.5 Å². The van der Waals surface area contributed by atoms with Crippen LogP contribution in [-0.4, -0.2) is 39.6 Å². The zero-order chi connectivity index (χ0) is 21.9. The highest BCUT2D eigenvalue weighted by molar-refractivity contribution is 7.10. The number of likely N-dealkylation sites (tertiary alicyclic amines) is 1. The Hall–Kier alpha value is -2.90. The van der Waals surface area contributed by atoms with Gasteiger partial charge in [0.25, 0.3) is 0 Å². The van der Waals surface area contributed by atoms with Crippen LogP contribution in [0, 0.1) is 6.92 Å². The smallest absolute Gasteiger partial charge is 0.161 e. The minimum Gasteiger partial charge on any atom is -0.493 e. The number of hydrogen-bond acceptors (Lipinski definition) is 6. The third-order valence-electron chi connectivity index (χ3n) is 6.21. The third kappa shape index (κ3) is 4.23. The number of thiophene rings is 1. The molecule has 0 amide bonds. The summed E-state index contributed by atoms with van der Waals surface area (Å²) in [6.45, 7) is 5.77. The van der Waals surface area contributed by atoms with Crippen LogP contribution in [0.2, 0.25) is 0 Å². The molecular formula is C25H28N4O2S. The van der Waals surface area contributed by atoms with Crippen molar-refractivity contribution in [3.8, 4) is 11.5 Å². The van der Waals surface area contributed by atoms with Crippen LogP contribution in [0.1, 0.15) is 35.1 Å². The zero-order valence-electron chi connectivity index (χ0n) is 18.5. The van der Waals surface area contributed by atoms with Gasteiger partial charge in [-0.2, -0.15) is 0 Å². The lowest BCUT2D eigenvalue weighted by atomic mass is 10.0. The Balaban J connectivity index is 1.35. The van der Waals surface area contributed by atoms with E-state index in [-0.39, 0.29) is 0 Å². The number of piperidine rings is 1. The number of para-hydroxylation sites is 2. The molecule has 4 aromatic rings. The highest BCUT2D eigenvalue weighted by Gasteiger charge is 2.26. The number of methoxy groups -OCH3 is 1. The molecule has 0 atom stereocenters. The van der Waals surface area contributed by atoms with Crippen LogP contribution in [-0.2, 0) is 13.2 Å². The third-order valence-corrected chi connectivity index (χ3v) is 7.21. The van der Waals surface area contributed by atoms with Crippen molar-refractivity contribution in [2.75, 3.05) is 20.2 Å². The summed E-state index contributed by atoms with van der Waals surface area (Å²) in [5.41, 5.74) is 3.26. The van der Waals surface area contributed by atoms with Crippen molar-refractivity contribution in [1.82, 2.24) is 19.4 Å². The molecule has 1 aliphatic rings. The number of imidazole rings is 1. The molecule has 1 aromatic carbocycles. The van der Waals surface area contributed by atoms with E-state index >= 15 is 0 Å². The molecule has 0 spiro atoms. The van der Waals surface area contributed by atoms with E-state index in [1.807, 2.05) is 53.9 Å². The van der Waals surface area contributed by atoms with Crippen molar-refractivity contribution in [3.05, 3.63) is 70.3 Å². The van der Waals surface area contributed by atoms with Gasteiger partial charge in [-0.05, 0) is 61.0 Å². The lowest BCUT2D eigenvalue weighted by Gasteiger charge is -2.33. The molecule has 32 heavy (non-hydrogen) atoms. The van der Waals surface area contributed by atoms with Gasteiger partial charge in [-0.3, -0.25) is 4.90 Å². The molecule has 0 bridgehead atoms. The first-order valence-electron chi connectivity index (χ1n) is 11.1. The number of rotatable bonds is 7. The molecule has 0 radical (unpaired) electrons. The highest BCUT2D eigenvalue weighted by atomic mass is 32.1. The molecule has 7 heteroatoms. The maximum atomic E-state index is 6.13. The van der Waals surface area contributed by atoms with Crippen molar-refractivity contribution in [2.24, 2.45) is 0 Å². The molecule has 3 aromatic heterocycles. The first-order valence-corrected chi connectivity index (χ1v) is 11.9. The Kier molecular flexibility index (Phi) is 6.10. The molecular weight excluding hydrogens is 420 g/mol. The van der Waals surface area contributed by atoms with E-state index in [1.165, 1.54) is 10.4 Å². The van der Waals surface area contributed by atoms with Crippen LogP contribution in [0.25, 0.3) is 11.2 Å².